The molecule has 0 spiro atoms. The van der Waals surface area contributed by atoms with Crippen molar-refractivity contribution < 1.29 is 9.47 Å². The quantitative estimate of drug-likeness (QED) is 0.648. The molecule has 0 aliphatic carbocycles. The Hall–Kier alpha value is -2.88. The van der Waals surface area contributed by atoms with Gasteiger partial charge in [0.2, 0.25) is 5.88 Å². The summed E-state index contributed by atoms with van der Waals surface area (Å²) in [5.41, 5.74) is 3.01. The normalized spacial score (nSPS) is 10.4. The SMILES string of the molecule is CCCc1ccc(Oc2ncccc2-c2cnccc2OC)cc1. The van der Waals surface area contributed by atoms with Crippen LogP contribution in [0.25, 0.3) is 11.1 Å². The van der Waals surface area contributed by atoms with Gasteiger partial charge in [-0.2, -0.15) is 0 Å². The third-order valence-electron chi connectivity index (χ3n) is 3.74. The van der Waals surface area contributed by atoms with Gasteiger partial charge < -0.3 is 9.47 Å². The van der Waals surface area contributed by atoms with Gasteiger partial charge in [-0.25, -0.2) is 4.98 Å². The number of aryl methyl sites for hydroxylation is 1. The van der Waals surface area contributed by atoms with Crippen LogP contribution in [-0.4, -0.2) is 17.1 Å². The Morgan fingerprint density at radius 2 is 1.79 bits per heavy atom. The molecule has 0 amide bonds. The highest BCUT2D eigenvalue weighted by molar-refractivity contribution is 5.73. The van der Waals surface area contributed by atoms with E-state index in [4.69, 9.17) is 9.47 Å². The number of methoxy groups -OCH3 is 1. The van der Waals surface area contributed by atoms with Gasteiger partial charge in [-0.15, -0.1) is 0 Å². The Balaban J connectivity index is 1.92. The second-order valence-electron chi connectivity index (χ2n) is 5.43. The Bertz CT molecular complexity index is 801. The molecule has 1 aromatic carbocycles. The van der Waals surface area contributed by atoms with Gasteiger partial charge in [-0.1, -0.05) is 25.5 Å². The monoisotopic (exact) mass is 320 g/mol. The maximum absolute atomic E-state index is 6.00. The van der Waals surface area contributed by atoms with E-state index in [2.05, 4.69) is 29.0 Å². The molecule has 122 valence electrons. The van der Waals surface area contributed by atoms with E-state index >= 15 is 0 Å². The molecule has 0 saturated carbocycles. The van der Waals surface area contributed by atoms with Crippen molar-refractivity contribution in [1.82, 2.24) is 9.97 Å². The number of hydrogen-bond acceptors (Lipinski definition) is 4. The van der Waals surface area contributed by atoms with Crippen LogP contribution in [0.1, 0.15) is 18.9 Å². The summed E-state index contributed by atoms with van der Waals surface area (Å²) in [6.07, 6.45) is 7.37. The molecule has 0 bridgehead atoms. The zero-order chi connectivity index (χ0) is 16.8. The van der Waals surface area contributed by atoms with Crippen molar-refractivity contribution in [3.8, 4) is 28.5 Å². The predicted octanol–water partition coefficient (Wildman–Crippen LogP) is 4.90. The van der Waals surface area contributed by atoms with Gasteiger partial charge in [-0.3, -0.25) is 4.98 Å². The molecule has 0 aliphatic heterocycles. The third kappa shape index (κ3) is 3.54. The molecule has 24 heavy (non-hydrogen) atoms. The molecule has 0 N–H and O–H groups in total. The molecule has 4 heteroatoms. The molecule has 0 unspecified atom stereocenters. The lowest BCUT2D eigenvalue weighted by atomic mass is 10.1. The zero-order valence-corrected chi connectivity index (χ0v) is 13.9. The lowest BCUT2D eigenvalue weighted by Crippen LogP contribution is -1.94. The molecule has 3 aromatic rings. The Morgan fingerprint density at radius 1 is 0.958 bits per heavy atom. The van der Waals surface area contributed by atoms with Gasteiger partial charge >= 0.3 is 0 Å². The second-order valence-corrected chi connectivity index (χ2v) is 5.43. The summed E-state index contributed by atoms with van der Waals surface area (Å²) in [4.78, 5) is 8.57. The zero-order valence-electron chi connectivity index (χ0n) is 13.9. The van der Waals surface area contributed by atoms with Gasteiger partial charge in [-0.05, 0) is 42.3 Å². The smallest absolute Gasteiger partial charge is 0.227 e. The van der Waals surface area contributed by atoms with Crippen LogP contribution in [0.2, 0.25) is 0 Å². The van der Waals surface area contributed by atoms with E-state index in [-0.39, 0.29) is 0 Å². The van der Waals surface area contributed by atoms with E-state index in [0.717, 1.165) is 35.5 Å². The summed E-state index contributed by atoms with van der Waals surface area (Å²) < 4.78 is 11.4. The summed E-state index contributed by atoms with van der Waals surface area (Å²) in [6.45, 7) is 2.17. The fourth-order valence-corrected chi connectivity index (χ4v) is 2.56. The first-order valence-corrected chi connectivity index (χ1v) is 8.02. The maximum atomic E-state index is 6.00. The first kappa shape index (κ1) is 16.0. The van der Waals surface area contributed by atoms with Gasteiger partial charge in [0.1, 0.15) is 11.5 Å². The highest BCUT2D eigenvalue weighted by atomic mass is 16.5. The van der Waals surface area contributed by atoms with E-state index in [0.29, 0.717) is 5.88 Å². The fourth-order valence-electron chi connectivity index (χ4n) is 2.56. The number of pyridine rings is 2. The van der Waals surface area contributed by atoms with Crippen LogP contribution < -0.4 is 9.47 Å². The topological polar surface area (TPSA) is 44.2 Å². The molecule has 2 aromatic heterocycles. The molecule has 0 saturated heterocycles. The van der Waals surface area contributed by atoms with Crippen LogP contribution in [0.15, 0.2) is 61.1 Å². The minimum absolute atomic E-state index is 0.534. The number of aromatic nitrogens is 2. The molecule has 0 fully saturated rings. The van der Waals surface area contributed by atoms with Crippen LogP contribution >= 0.6 is 0 Å². The van der Waals surface area contributed by atoms with E-state index in [1.54, 1.807) is 25.7 Å². The van der Waals surface area contributed by atoms with Gasteiger partial charge in [0, 0.05) is 29.7 Å². The number of benzene rings is 1. The van der Waals surface area contributed by atoms with Crippen molar-refractivity contribution in [2.24, 2.45) is 0 Å². The Morgan fingerprint density at radius 3 is 2.54 bits per heavy atom. The molecule has 2 heterocycles. The fraction of sp³-hybridized carbons (Fsp3) is 0.200. The van der Waals surface area contributed by atoms with Crippen LogP contribution in [0.5, 0.6) is 17.4 Å². The molecule has 0 aliphatic rings. The van der Waals surface area contributed by atoms with Crippen molar-refractivity contribution in [3.63, 3.8) is 0 Å². The largest absolute Gasteiger partial charge is 0.496 e. The van der Waals surface area contributed by atoms with E-state index in [9.17, 15) is 0 Å². The summed E-state index contributed by atoms with van der Waals surface area (Å²) in [5.74, 6) is 2.03. The standard InChI is InChI=1S/C20H20N2O2/c1-3-5-15-7-9-16(10-8-15)24-20-17(6-4-12-22-20)18-14-21-13-11-19(18)23-2/h4,6-14H,3,5H2,1-2H3. The van der Waals surface area contributed by atoms with Crippen LogP contribution in [0.3, 0.4) is 0 Å². The number of nitrogens with zero attached hydrogens (tertiary/aromatic N) is 2. The van der Waals surface area contributed by atoms with E-state index in [1.165, 1.54) is 5.56 Å². The first-order valence-electron chi connectivity index (χ1n) is 8.02. The molecule has 0 atom stereocenters. The van der Waals surface area contributed by atoms with Crippen LogP contribution in [0, 0.1) is 0 Å². The summed E-state index contributed by atoms with van der Waals surface area (Å²) in [7, 11) is 1.64. The minimum Gasteiger partial charge on any atom is -0.496 e. The van der Waals surface area contributed by atoms with Crippen molar-refractivity contribution in [2.75, 3.05) is 7.11 Å². The molecular formula is C20H20N2O2. The van der Waals surface area contributed by atoms with Crippen molar-refractivity contribution >= 4 is 0 Å². The maximum Gasteiger partial charge on any atom is 0.227 e. The van der Waals surface area contributed by atoms with Crippen LogP contribution in [0.4, 0.5) is 0 Å². The van der Waals surface area contributed by atoms with Gasteiger partial charge in [0.25, 0.3) is 0 Å². The van der Waals surface area contributed by atoms with Gasteiger partial charge in [0.15, 0.2) is 0 Å². The van der Waals surface area contributed by atoms with Crippen molar-refractivity contribution in [2.45, 2.75) is 19.8 Å². The second kappa shape index (κ2) is 7.59. The average molecular weight is 320 g/mol. The molecular weight excluding hydrogens is 300 g/mol. The average Bonchev–Trinajstić information content (AvgIpc) is 2.64. The van der Waals surface area contributed by atoms with Crippen molar-refractivity contribution in [3.05, 3.63) is 66.6 Å². The molecule has 3 rings (SSSR count). The number of hydrogen-bond donors (Lipinski definition) is 0. The Labute approximate surface area is 142 Å². The lowest BCUT2D eigenvalue weighted by molar-refractivity contribution is 0.415. The van der Waals surface area contributed by atoms with E-state index in [1.807, 2.05) is 30.3 Å². The predicted molar refractivity (Wildman–Crippen MR) is 94.5 cm³/mol. The lowest BCUT2D eigenvalue weighted by Gasteiger charge is -2.12. The Kier molecular flexibility index (Phi) is 5.06. The van der Waals surface area contributed by atoms with Gasteiger partial charge in [0.05, 0.1) is 7.11 Å². The summed E-state index contributed by atoms with van der Waals surface area (Å²) >= 11 is 0. The third-order valence-corrected chi connectivity index (χ3v) is 3.74. The molecule has 4 nitrogen and oxygen atoms in total. The highest BCUT2D eigenvalue weighted by Crippen LogP contribution is 2.36. The van der Waals surface area contributed by atoms with Crippen molar-refractivity contribution in [1.29, 1.82) is 0 Å². The van der Waals surface area contributed by atoms with Crippen LogP contribution in [-0.2, 0) is 6.42 Å². The van der Waals surface area contributed by atoms with E-state index < -0.39 is 0 Å². The molecule has 0 radical (unpaired) electrons. The minimum atomic E-state index is 0.534. The number of ether oxygens (including phenoxy) is 2. The number of rotatable bonds is 6. The summed E-state index contributed by atoms with van der Waals surface area (Å²) in [5, 5.41) is 0. The first-order chi connectivity index (χ1) is 11.8. The highest BCUT2D eigenvalue weighted by Gasteiger charge is 2.13. The summed E-state index contributed by atoms with van der Waals surface area (Å²) in [6, 6.07) is 13.8.